The molecule has 5 rings (SSSR count). The van der Waals surface area contributed by atoms with Gasteiger partial charge in [0.15, 0.2) is 0 Å². The van der Waals surface area contributed by atoms with Crippen molar-refractivity contribution in [3.05, 3.63) is 78.8 Å². The van der Waals surface area contributed by atoms with Crippen LogP contribution in [0.5, 0.6) is 0 Å². The average Bonchev–Trinajstić information content (AvgIpc) is 3.33. The lowest BCUT2D eigenvalue weighted by molar-refractivity contribution is 0.255. The van der Waals surface area contributed by atoms with Crippen LogP contribution in [0.25, 0.3) is 16.6 Å². The number of para-hydroxylation sites is 1. The first kappa shape index (κ1) is 17.3. The van der Waals surface area contributed by atoms with Gasteiger partial charge in [-0.2, -0.15) is 5.10 Å². The van der Waals surface area contributed by atoms with E-state index in [0.29, 0.717) is 35.4 Å². The van der Waals surface area contributed by atoms with Gasteiger partial charge in [-0.1, -0.05) is 18.2 Å². The second-order valence-corrected chi connectivity index (χ2v) is 6.63. The number of amides is 2. The summed E-state index contributed by atoms with van der Waals surface area (Å²) in [5.41, 5.74) is 1.79. The molecule has 0 saturated carbocycles. The number of fused-ring (bicyclic) bond motifs is 1. The topological polar surface area (TPSA) is 54.3 Å². The first-order chi connectivity index (χ1) is 14.1. The molecule has 1 saturated heterocycles. The Morgan fingerprint density at radius 1 is 0.793 bits per heavy atom. The molecule has 1 aliphatic rings. The van der Waals surface area contributed by atoms with Gasteiger partial charge in [0, 0.05) is 24.7 Å². The molecule has 8 heteroatoms. The number of rotatable bonds is 3. The molecule has 0 N–H and O–H groups in total. The molecule has 144 valence electrons. The zero-order chi connectivity index (χ0) is 20.0. The Kier molecular flexibility index (Phi) is 3.97. The van der Waals surface area contributed by atoms with E-state index < -0.39 is 11.6 Å². The van der Waals surface area contributed by atoms with Crippen molar-refractivity contribution in [2.45, 2.75) is 0 Å². The number of hydrogen-bond donors (Lipinski definition) is 0. The minimum absolute atomic E-state index is 0.147. The van der Waals surface area contributed by atoms with E-state index in [9.17, 15) is 13.6 Å². The van der Waals surface area contributed by atoms with Crippen molar-refractivity contribution in [1.82, 2.24) is 14.8 Å². The Morgan fingerprint density at radius 3 is 2.31 bits per heavy atom. The molecule has 2 amide bonds. The Bertz CT molecular complexity index is 1240. The lowest BCUT2D eigenvalue weighted by Crippen LogP contribution is -2.32. The highest BCUT2D eigenvalue weighted by atomic mass is 19.1. The van der Waals surface area contributed by atoms with E-state index in [2.05, 4.69) is 10.1 Å². The third-order valence-electron chi connectivity index (χ3n) is 5.01. The third-order valence-corrected chi connectivity index (χ3v) is 5.01. The lowest BCUT2D eigenvalue weighted by Gasteiger charge is -2.19. The standard InChI is InChI=1S/C21H15F2N5O/c22-15-4-1-2-5-19(15)28-18-7-3-6-17(14(18)12-25-28)26-10-11-27(21(26)29)20-13-24-9-8-16(20)23/h1-9,12-13H,10-11H2. The normalized spacial score (nSPS) is 14.2. The number of benzene rings is 2. The Hall–Kier alpha value is -3.81. The first-order valence-electron chi connectivity index (χ1n) is 9.05. The van der Waals surface area contributed by atoms with E-state index in [1.807, 2.05) is 6.07 Å². The van der Waals surface area contributed by atoms with E-state index in [1.165, 1.54) is 34.1 Å². The van der Waals surface area contributed by atoms with Gasteiger partial charge < -0.3 is 0 Å². The molecule has 4 aromatic rings. The van der Waals surface area contributed by atoms with Gasteiger partial charge in [-0.05, 0) is 30.3 Å². The lowest BCUT2D eigenvalue weighted by atomic mass is 10.2. The van der Waals surface area contributed by atoms with Gasteiger partial charge in [-0.15, -0.1) is 0 Å². The highest BCUT2D eigenvalue weighted by Gasteiger charge is 2.33. The summed E-state index contributed by atoms with van der Waals surface area (Å²) in [7, 11) is 0. The van der Waals surface area contributed by atoms with Crippen LogP contribution in [0.2, 0.25) is 0 Å². The molecular formula is C21H15F2N5O. The molecule has 29 heavy (non-hydrogen) atoms. The quantitative estimate of drug-likeness (QED) is 0.527. The summed E-state index contributed by atoms with van der Waals surface area (Å²) in [5.74, 6) is -0.890. The summed E-state index contributed by atoms with van der Waals surface area (Å²) in [6.45, 7) is 0.719. The van der Waals surface area contributed by atoms with Gasteiger partial charge in [-0.25, -0.2) is 18.3 Å². The summed E-state index contributed by atoms with van der Waals surface area (Å²) >= 11 is 0. The van der Waals surface area contributed by atoms with Crippen LogP contribution in [-0.4, -0.2) is 33.9 Å². The van der Waals surface area contributed by atoms with Crippen molar-refractivity contribution in [2.75, 3.05) is 22.9 Å². The highest BCUT2D eigenvalue weighted by molar-refractivity contribution is 6.10. The molecule has 2 aromatic heterocycles. The summed E-state index contributed by atoms with van der Waals surface area (Å²) in [5, 5.41) is 5.04. The van der Waals surface area contributed by atoms with E-state index in [1.54, 1.807) is 41.4 Å². The van der Waals surface area contributed by atoms with E-state index in [-0.39, 0.29) is 11.7 Å². The smallest absolute Gasteiger partial charge is 0.291 e. The number of aromatic nitrogens is 3. The van der Waals surface area contributed by atoms with Gasteiger partial charge in [0.25, 0.3) is 0 Å². The molecule has 0 unspecified atom stereocenters. The van der Waals surface area contributed by atoms with Crippen molar-refractivity contribution < 1.29 is 13.6 Å². The summed E-state index contributed by atoms with van der Waals surface area (Å²) in [4.78, 5) is 19.9. The molecule has 3 heterocycles. The molecule has 2 aromatic carbocycles. The van der Waals surface area contributed by atoms with Gasteiger partial charge in [-0.3, -0.25) is 14.8 Å². The average molecular weight is 391 g/mol. The highest BCUT2D eigenvalue weighted by Crippen LogP contribution is 2.32. The van der Waals surface area contributed by atoms with Gasteiger partial charge in [0.05, 0.1) is 29.3 Å². The van der Waals surface area contributed by atoms with Crippen LogP contribution in [0.4, 0.5) is 25.0 Å². The Morgan fingerprint density at radius 2 is 1.52 bits per heavy atom. The van der Waals surface area contributed by atoms with E-state index >= 15 is 0 Å². The number of carbonyl (C=O) groups excluding carboxylic acids is 1. The molecule has 0 bridgehead atoms. The predicted octanol–water partition coefficient (Wildman–Crippen LogP) is 4.15. The monoisotopic (exact) mass is 391 g/mol. The van der Waals surface area contributed by atoms with Crippen LogP contribution in [0, 0.1) is 11.6 Å². The number of hydrogen-bond acceptors (Lipinski definition) is 3. The maximum atomic E-state index is 14.2. The van der Waals surface area contributed by atoms with E-state index in [4.69, 9.17) is 0 Å². The molecule has 0 atom stereocenters. The van der Waals surface area contributed by atoms with Crippen LogP contribution in [0.3, 0.4) is 0 Å². The van der Waals surface area contributed by atoms with Crippen LogP contribution in [-0.2, 0) is 0 Å². The number of nitrogens with zero attached hydrogens (tertiary/aromatic N) is 5. The van der Waals surface area contributed by atoms with Crippen LogP contribution in [0.1, 0.15) is 0 Å². The summed E-state index contributed by atoms with van der Waals surface area (Å²) < 4.78 is 29.9. The fourth-order valence-electron chi connectivity index (χ4n) is 3.64. The summed E-state index contributed by atoms with van der Waals surface area (Å²) in [6.07, 6.45) is 4.29. The number of halogens is 2. The first-order valence-corrected chi connectivity index (χ1v) is 9.05. The SMILES string of the molecule is O=C1N(c2cnccc2F)CCN1c1cccc2c1cnn2-c1ccccc1F. The van der Waals surface area contributed by atoms with Crippen molar-refractivity contribution >= 4 is 28.3 Å². The zero-order valence-corrected chi connectivity index (χ0v) is 15.2. The fraction of sp³-hybridized carbons (Fsp3) is 0.0952. The minimum Gasteiger partial charge on any atom is -0.291 e. The second-order valence-electron chi connectivity index (χ2n) is 6.63. The van der Waals surface area contributed by atoms with Crippen molar-refractivity contribution in [1.29, 1.82) is 0 Å². The number of anilines is 2. The number of urea groups is 1. The zero-order valence-electron chi connectivity index (χ0n) is 15.2. The molecule has 0 aliphatic carbocycles. The molecule has 1 aliphatic heterocycles. The second kappa shape index (κ2) is 6.66. The van der Waals surface area contributed by atoms with E-state index in [0.717, 1.165) is 0 Å². The number of carbonyl (C=O) groups is 1. The van der Waals surface area contributed by atoms with Crippen LogP contribution >= 0.6 is 0 Å². The van der Waals surface area contributed by atoms with Gasteiger partial charge in [0.2, 0.25) is 0 Å². The maximum Gasteiger partial charge on any atom is 0.329 e. The predicted molar refractivity (Wildman–Crippen MR) is 105 cm³/mol. The van der Waals surface area contributed by atoms with Gasteiger partial charge in [0.1, 0.15) is 17.3 Å². The van der Waals surface area contributed by atoms with Crippen molar-refractivity contribution in [2.24, 2.45) is 0 Å². The van der Waals surface area contributed by atoms with Crippen LogP contribution < -0.4 is 9.80 Å². The largest absolute Gasteiger partial charge is 0.329 e. The molecule has 6 nitrogen and oxygen atoms in total. The minimum atomic E-state index is -0.499. The molecule has 0 radical (unpaired) electrons. The Labute approximate surface area is 164 Å². The van der Waals surface area contributed by atoms with Crippen LogP contribution in [0.15, 0.2) is 67.1 Å². The van der Waals surface area contributed by atoms with Crippen molar-refractivity contribution in [3.8, 4) is 5.69 Å². The van der Waals surface area contributed by atoms with Gasteiger partial charge >= 0.3 is 6.03 Å². The molecule has 1 fully saturated rings. The molecule has 0 spiro atoms. The fourth-order valence-corrected chi connectivity index (χ4v) is 3.64. The maximum absolute atomic E-state index is 14.2. The third kappa shape index (κ3) is 2.72. The van der Waals surface area contributed by atoms with Crippen molar-refractivity contribution in [3.63, 3.8) is 0 Å². The molecular weight excluding hydrogens is 376 g/mol. The Balaban J connectivity index is 1.56. The number of pyridine rings is 1. The summed E-state index contributed by atoms with van der Waals surface area (Å²) in [6, 6.07) is 12.7.